The maximum absolute atomic E-state index is 14.4. The summed E-state index contributed by atoms with van der Waals surface area (Å²) >= 11 is 3.42. The molecule has 0 aromatic heterocycles. The summed E-state index contributed by atoms with van der Waals surface area (Å²) in [6, 6.07) is 10.2. The van der Waals surface area contributed by atoms with E-state index in [1.54, 1.807) is 0 Å². The molecule has 1 N–H and O–H groups in total. The van der Waals surface area contributed by atoms with E-state index in [4.69, 9.17) is 0 Å². The number of fused-ring (bicyclic) bond motifs is 3. The van der Waals surface area contributed by atoms with Crippen molar-refractivity contribution in [3.8, 4) is 0 Å². The molecule has 3 atom stereocenters. The molecule has 2 aromatic carbocycles. The standard InChI is InChI=1S/C18H14BrFN2O2/c19-11-6-4-10(5-7-11)17-13-3-1-2-12(13)16-15(22(23)24)9-8-14(20)18(16)21-17/h1-2,4-9,12-13,17,21H,3H2. The molecule has 0 bridgehead atoms. The lowest BCUT2D eigenvalue weighted by atomic mass is 9.76. The van der Waals surface area contributed by atoms with Crippen LogP contribution in [0.2, 0.25) is 0 Å². The number of nitrogens with zero attached hydrogens (tertiary/aromatic N) is 1. The molecule has 0 saturated heterocycles. The highest BCUT2D eigenvalue weighted by Crippen LogP contribution is 2.53. The first-order chi connectivity index (χ1) is 11.6. The molecule has 0 radical (unpaired) electrons. The Hall–Kier alpha value is -2.21. The van der Waals surface area contributed by atoms with Gasteiger partial charge in [0.05, 0.1) is 22.2 Å². The summed E-state index contributed by atoms with van der Waals surface area (Å²) in [5, 5.41) is 14.6. The molecular weight excluding hydrogens is 375 g/mol. The number of nitro groups is 1. The number of hydrogen-bond acceptors (Lipinski definition) is 3. The molecule has 1 heterocycles. The Kier molecular flexibility index (Phi) is 3.64. The molecule has 1 aliphatic heterocycles. The summed E-state index contributed by atoms with van der Waals surface area (Å²) in [4.78, 5) is 11.0. The highest BCUT2D eigenvalue weighted by molar-refractivity contribution is 9.10. The van der Waals surface area contributed by atoms with Crippen LogP contribution in [0.1, 0.15) is 29.5 Å². The van der Waals surface area contributed by atoms with E-state index in [0.29, 0.717) is 5.56 Å². The van der Waals surface area contributed by atoms with Gasteiger partial charge in [-0.25, -0.2) is 4.39 Å². The SMILES string of the molecule is O=[N+]([O-])c1ccc(F)c2c1C1C=CCC1C(c1ccc(Br)cc1)N2. The van der Waals surface area contributed by atoms with Crippen LogP contribution in [0.4, 0.5) is 15.8 Å². The van der Waals surface area contributed by atoms with E-state index in [-0.39, 0.29) is 29.3 Å². The average molecular weight is 389 g/mol. The Morgan fingerprint density at radius 1 is 1.21 bits per heavy atom. The van der Waals surface area contributed by atoms with Crippen molar-refractivity contribution in [1.82, 2.24) is 0 Å². The minimum Gasteiger partial charge on any atom is -0.375 e. The largest absolute Gasteiger partial charge is 0.375 e. The van der Waals surface area contributed by atoms with E-state index in [2.05, 4.69) is 21.2 Å². The molecule has 6 heteroatoms. The Labute approximate surface area is 146 Å². The van der Waals surface area contributed by atoms with Crippen LogP contribution in [-0.2, 0) is 0 Å². The summed E-state index contributed by atoms with van der Waals surface area (Å²) in [6.45, 7) is 0. The van der Waals surface area contributed by atoms with Crippen LogP contribution in [-0.4, -0.2) is 4.92 Å². The molecular formula is C18H14BrFN2O2. The van der Waals surface area contributed by atoms with Gasteiger partial charge in [0.15, 0.2) is 0 Å². The molecule has 4 rings (SSSR count). The van der Waals surface area contributed by atoms with Crippen LogP contribution in [0.3, 0.4) is 0 Å². The lowest BCUT2D eigenvalue weighted by molar-refractivity contribution is -0.385. The molecule has 24 heavy (non-hydrogen) atoms. The summed E-state index contributed by atoms with van der Waals surface area (Å²) in [6.07, 6.45) is 4.82. The second kappa shape index (κ2) is 5.70. The monoisotopic (exact) mass is 388 g/mol. The van der Waals surface area contributed by atoms with Gasteiger partial charge in [-0.2, -0.15) is 0 Å². The van der Waals surface area contributed by atoms with E-state index in [1.807, 2.05) is 36.4 Å². The molecule has 3 unspecified atom stereocenters. The van der Waals surface area contributed by atoms with Gasteiger partial charge in [0.2, 0.25) is 0 Å². The van der Waals surface area contributed by atoms with Crippen LogP contribution < -0.4 is 5.32 Å². The van der Waals surface area contributed by atoms with Crippen molar-refractivity contribution in [2.75, 3.05) is 5.32 Å². The first-order valence-corrected chi connectivity index (χ1v) is 8.51. The minimum atomic E-state index is -0.448. The van der Waals surface area contributed by atoms with Crippen LogP contribution in [0.25, 0.3) is 0 Å². The fourth-order valence-corrected chi connectivity index (χ4v) is 4.08. The second-order valence-electron chi connectivity index (χ2n) is 6.14. The first kappa shape index (κ1) is 15.3. The van der Waals surface area contributed by atoms with Crippen molar-refractivity contribution in [3.05, 3.63) is 80.1 Å². The Balaban J connectivity index is 1.86. The number of anilines is 1. The molecule has 4 nitrogen and oxygen atoms in total. The molecule has 0 saturated carbocycles. The number of nitrogens with one attached hydrogen (secondary N) is 1. The van der Waals surface area contributed by atoms with Gasteiger partial charge >= 0.3 is 0 Å². The van der Waals surface area contributed by atoms with E-state index in [1.165, 1.54) is 12.1 Å². The number of halogens is 2. The molecule has 2 aliphatic rings. The maximum Gasteiger partial charge on any atom is 0.275 e. The number of benzene rings is 2. The zero-order chi connectivity index (χ0) is 16.8. The van der Waals surface area contributed by atoms with Gasteiger partial charge in [0, 0.05) is 16.5 Å². The highest BCUT2D eigenvalue weighted by atomic mass is 79.9. The van der Waals surface area contributed by atoms with Crippen molar-refractivity contribution < 1.29 is 9.31 Å². The smallest absolute Gasteiger partial charge is 0.275 e. The lowest BCUT2D eigenvalue weighted by Crippen LogP contribution is -2.30. The van der Waals surface area contributed by atoms with Crippen LogP contribution in [0.15, 0.2) is 53.0 Å². The normalized spacial score (nSPS) is 24.2. The number of hydrogen-bond donors (Lipinski definition) is 1. The predicted octanol–water partition coefficient (Wildman–Crippen LogP) is 5.32. The molecule has 2 aromatic rings. The highest BCUT2D eigenvalue weighted by Gasteiger charge is 2.42. The number of allylic oxidation sites excluding steroid dienone is 2. The minimum absolute atomic E-state index is 0.0188. The van der Waals surface area contributed by atoms with Gasteiger partial charge in [-0.05, 0) is 36.1 Å². The fraction of sp³-hybridized carbons (Fsp3) is 0.222. The zero-order valence-electron chi connectivity index (χ0n) is 12.6. The third kappa shape index (κ3) is 2.33. The predicted molar refractivity (Wildman–Crippen MR) is 93.5 cm³/mol. The van der Waals surface area contributed by atoms with Crippen LogP contribution >= 0.6 is 15.9 Å². The van der Waals surface area contributed by atoms with Crippen molar-refractivity contribution in [2.45, 2.75) is 18.4 Å². The lowest BCUT2D eigenvalue weighted by Gasteiger charge is -2.37. The van der Waals surface area contributed by atoms with Gasteiger partial charge in [0.25, 0.3) is 5.69 Å². The van der Waals surface area contributed by atoms with Gasteiger partial charge in [-0.15, -0.1) is 0 Å². The summed E-state index contributed by atoms with van der Waals surface area (Å²) in [5.74, 6) is -0.457. The summed E-state index contributed by atoms with van der Waals surface area (Å²) < 4.78 is 15.4. The quantitative estimate of drug-likeness (QED) is 0.430. The van der Waals surface area contributed by atoms with Crippen LogP contribution in [0.5, 0.6) is 0 Å². The molecule has 1 aliphatic carbocycles. The maximum atomic E-state index is 14.4. The fourth-order valence-electron chi connectivity index (χ4n) is 3.81. The van der Waals surface area contributed by atoms with E-state index >= 15 is 0 Å². The molecule has 0 spiro atoms. The third-order valence-electron chi connectivity index (χ3n) is 4.87. The van der Waals surface area contributed by atoms with E-state index in [9.17, 15) is 14.5 Å². The number of rotatable bonds is 2. The van der Waals surface area contributed by atoms with Crippen molar-refractivity contribution in [1.29, 1.82) is 0 Å². The average Bonchev–Trinajstić information content (AvgIpc) is 3.05. The second-order valence-corrected chi connectivity index (χ2v) is 7.06. The van der Waals surface area contributed by atoms with Gasteiger partial charge < -0.3 is 5.32 Å². The van der Waals surface area contributed by atoms with Gasteiger partial charge in [-0.3, -0.25) is 10.1 Å². The number of nitro benzene ring substituents is 1. The van der Waals surface area contributed by atoms with Crippen LogP contribution in [0, 0.1) is 21.8 Å². The molecule has 0 fully saturated rings. The van der Waals surface area contributed by atoms with Crippen molar-refractivity contribution >= 4 is 27.3 Å². The molecule has 122 valence electrons. The Morgan fingerprint density at radius 3 is 2.67 bits per heavy atom. The Bertz CT molecular complexity index is 851. The zero-order valence-corrected chi connectivity index (χ0v) is 14.2. The van der Waals surface area contributed by atoms with Crippen molar-refractivity contribution in [2.24, 2.45) is 5.92 Å². The van der Waals surface area contributed by atoms with Gasteiger partial charge in [0.1, 0.15) is 5.82 Å². The van der Waals surface area contributed by atoms with E-state index < -0.39 is 10.7 Å². The third-order valence-corrected chi connectivity index (χ3v) is 5.40. The van der Waals surface area contributed by atoms with E-state index in [0.717, 1.165) is 16.5 Å². The van der Waals surface area contributed by atoms with Gasteiger partial charge in [-0.1, -0.05) is 40.2 Å². The first-order valence-electron chi connectivity index (χ1n) is 7.71. The summed E-state index contributed by atoms with van der Waals surface area (Å²) in [7, 11) is 0. The Morgan fingerprint density at radius 2 is 1.96 bits per heavy atom. The van der Waals surface area contributed by atoms with Crippen molar-refractivity contribution in [3.63, 3.8) is 0 Å². The summed E-state index contributed by atoms with van der Waals surface area (Å²) in [5.41, 5.74) is 1.75. The molecule has 0 amide bonds. The topological polar surface area (TPSA) is 55.2 Å².